The minimum Gasteiger partial charge on any atom is -0.483 e. The first-order valence-electron chi connectivity index (χ1n) is 6.23. The van der Waals surface area contributed by atoms with Crippen LogP contribution in [0.15, 0.2) is 62.1 Å². The van der Waals surface area contributed by atoms with Crippen LogP contribution in [-0.4, -0.2) is 12.4 Å². The molecular weight excluding hydrogens is 400 g/mol. The largest absolute Gasteiger partial charge is 0.483 e. The number of rotatable bonds is 4. The van der Waals surface area contributed by atoms with Crippen LogP contribution in [0.1, 0.15) is 10.4 Å². The Morgan fingerprint density at radius 2 is 1.76 bits per heavy atom. The number of fused-ring (bicyclic) bond motifs is 1. The number of hydrogen-bond donors (Lipinski definition) is 0. The molecule has 0 bridgehead atoms. The van der Waals surface area contributed by atoms with Gasteiger partial charge in [0.2, 0.25) is 5.78 Å². The van der Waals surface area contributed by atoms with Gasteiger partial charge < -0.3 is 9.15 Å². The molecule has 0 saturated carbocycles. The van der Waals surface area contributed by atoms with E-state index in [0.29, 0.717) is 16.9 Å². The third kappa shape index (κ3) is 2.89. The molecule has 0 aliphatic rings. The standard InChI is InChI=1S/C16H10Br2O3/c17-12-5-3-6-13(18)16(12)21-9-14(19)11-8-20-15-7-2-1-4-10(11)15/h1-8H,9H2. The summed E-state index contributed by atoms with van der Waals surface area (Å²) in [6.45, 7) is -0.0509. The first-order valence-corrected chi connectivity index (χ1v) is 7.81. The summed E-state index contributed by atoms with van der Waals surface area (Å²) >= 11 is 6.80. The van der Waals surface area contributed by atoms with Crippen LogP contribution in [0.3, 0.4) is 0 Å². The molecule has 106 valence electrons. The second-order valence-corrected chi connectivity index (χ2v) is 6.12. The summed E-state index contributed by atoms with van der Waals surface area (Å²) in [6.07, 6.45) is 1.48. The second-order valence-electron chi connectivity index (χ2n) is 4.41. The Labute approximate surface area is 138 Å². The number of carbonyl (C=O) groups excluding carboxylic acids is 1. The summed E-state index contributed by atoms with van der Waals surface area (Å²) in [7, 11) is 0. The van der Waals surface area contributed by atoms with Crippen LogP contribution >= 0.6 is 31.9 Å². The van der Waals surface area contributed by atoms with Gasteiger partial charge in [0.25, 0.3) is 0 Å². The third-order valence-electron chi connectivity index (χ3n) is 3.05. The van der Waals surface area contributed by atoms with Crippen LogP contribution in [0.25, 0.3) is 11.0 Å². The molecule has 0 N–H and O–H groups in total. The van der Waals surface area contributed by atoms with Crippen molar-refractivity contribution in [1.29, 1.82) is 0 Å². The van der Waals surface area contributed by atoms with Gasteiger partial charge in [0.15, 0.2) is 6.61 Å². The minimum atomic E-state index is -0.123. The molecule has 0 aliphatic carbocycles. The fraction of sp³-hybridized carbons (Fsp3) is 0.0625. The Balaban J connectivity index is 1.81. The second kappa shape index (κ2) is 6.03. The lowest BCUT2D eigenvalue weighted by Gasteiger charge is -2.08. The van der Waals surface area contributed by atoms with E-state index in [4.69, 9.17) is 9.15 Å². The maximum Gasteiger partial charge on any atom is 0.204 e. The monoisotopic (exact) mass is 408 g/mol. The predicted molar refractivity (Wildman–Crippen MR) is 87.9 cm³/mol. The highest BCUT2D eigenvalue weighted by molar-refractivity contribution is 9.11. The molecule has 2 aromatic carbocycles. The number of carbonyl (C=O) groups is 1. The minimum absolute atomic E-state index is 0.0509. The summed E-state index contributed by atoms with van der Waals surface area (Å²) in [5.74, 6) is 0.487. The van der Waals surface area contributed by atoms with Crippen LogP contribution in [-0.2, 0) is 0 Å². The van der Waals surface area contributed by atoms with Crippen molar-refractivity contribution in [1.82, 2.24) is 0 Å². The van der Waals surface area contributed by atoms with Gasteiger partial charge in [-0.15, -0.1) is 0 Å². The lowest BCUT2D eigenvalue weighted by atomic mass is 10.1. The molecule has 0 saturated heterocycles. The molecule has 3 aromatic rings. The van der Waals surface area contributed by atoms with E-state index in [0.717, 1.165) is 14.3 Å². The van der Waals surface area contributed by atoms with Crippen LogP contribution in [0.5, 0.6) is 5.75 Å². The summed E-state index contributed by atoms with van der Waals surface area (Å²) in [5, 5.41) is 0.803. The molecule has 0 fully saturated rings. The number of Topliss-reactive ketones (excluding diaryl/α,β-unsaturated/α-hetero) is 1. The number of halogens is 2. The highest BCUT2D eigenvalue weighted by Gasteiger charge is 2.15. The maximum atomic E-state index is 12.3. The maximum absolute atomic E-state index is 12.3. The number of ether oxygens (including phenoxy) is 1. The van der Waals surface area contributed by atoms with Crippen molar-refractivity contribution in [2.24, 2.45) is 0 Å². The van der Waals surface area contributed by atoms with E-state index in [1.54, 1.807) is 0 Å². The Kier molecular flexibility index (Phi) is 4.12. The number of benzene rings is 2. The molecule has 0 spiro atoms. The Hall–Kier alpha value is -1.59. The van der Waals surface area contributed by atoms with E-state index >= 15 is 0 Å². The van der Waals surface area contributed by atoms with Crippen molar-refractivity contribution in [2.75, 3.05) is 6.61 Å². The zero-order valence-corrected chi connectivity index (χ0v) is 14.0. The van der Waals surface area contributed by atoms with E-state index in [1.165, 1.54) is 6.26 Å². The third-order valence-corrected chi connectivity index (χ3v) is 4.30. The summed E-state index contributed by atoms with van der Waals surface area (Å²) in [5.41, 5.74) is 1.23. The van der Waals surface area contributed by atoms with Gasteiger partial charge in [0.05, 0.1) is 14.5 Å². The van der Waals surface area contributed by atoms with Gasteiger partial charge in [0.1, 0.15) is 17.6 Å². The average Bonchev–Trinajstić information content (AvgIpc) is 2.90. The van der Waals surface area contributed by atoms with Crippen LogP contribution in [0.2, 0.25) is 0 Å². The molecule has 0 atom stereocenters. The lowest BCUT2D eigenvalue weighted by Crippen LogP contribution is -2.11. The fourth-order valence-electron chi connectivity index (χ4n) is 2.03. The topological polar surface area (TPSA) is 39.4 Å². The highest BCUT2D eigenvalue weighted by atomic mass is 79.9. The molecule has 3 nitrogen and oxygen atoms in total. The first-order chi connectivity index (χ1) is 10.2. The Bertz CT molecular complexity index is 788. The molecule has 5 heteroatoms. The predicted octanol–water partition coefficient (Wildman–Crippen LogP) is 5.22. The van der Waals surface area contributed by atoms with Crippen LogP contribution in [0, 0.1) is 0 Å². The SMILES string of the molecule is O=C(COc1c(Br)cccc1Br)c1coc2ccccc12. The van der Waals surface area contributed by atoms with Gasteiger partial charge >= 0.3 is 0 Å². The Morgan fingerprint density at radius 3 is 2.52 bits per heavy atom. The van der Waals surface area contributed by atoms with Gasteiger partial charge in [-0.25, -0.2) is 0 Å². The normalized spacial score (nSPS) is 10.8. The molecule has 1 aromatic heterocycles. The van der Waals surface area contributed by atoms with E-state index in [1.807, 2.05) is 42.5 Å². The quantitative estimate of drug-likeness (QED) is 0.554. The van der Waals surface area contributed by atoms with Crippen molar-refractivity contribution in [3.8, 4) is 5.75 Å². The zero-order chi connectivity index (χ0) is 14.8. The number of ketones is 1. The number of furan rings is 1. The smallest absolute Gasteiger partial charge is 0.204 e. The van der Waals surface area contributed by atoms with Crippen molar-refractivity contribution in [3.05, 3.63) is 63.2 Å². The molecule has 3 rings (SSSR count). The van der Waals surface area contributed by atoms with Gasteiger partial charge in [-0.3, -0.25) is 4.79 Å². The van der Waals surface area contributed by atoms with E-state index in [-0.39, 0.29) is 12.4 Å². The molecule has 0 radical (unpaired) electrons. The lowest BCUT2D eigenvalue weighted by molar-refractivity contribution is 0.0921. The van der Waals surface area contributed by atoms with Gasteiger partial charge in [-0.1, -0.05) is 24.3 Å². The van der Waals surface area contributed by atoms with Crippen molar-refractivity contribution < 1.29 is 13.9 Å². The molecule has 0 amide bonds. The highest BCUT2D eigenvalue weighted by Crippen LogP contribution is 2.33. The van der Waals surface area contributed by atoms with Crippen molar-refractivity contribution in [2.45, 2.75) is 0 Å². The molecule has 1 heterocycles. The van der Waals surface area contributed by atoms with Crippen molar-refractivity contribution >= 4 is 48.6 Å². The van der Waals surface area contributed by atoms with E-state index in [9.17, 15) is 4.79 Å². The summed E-state index contributed by atoms with van der Waals surface area (Å²) in [6, 6.07) is 13.0. The molecular formula is C16H10Br2O3. The Morgan fingerprint density at radius 1 is 1.05 bits per heavy atom. The van der Waals surface area contributed by atoms with Gasteiger partial charge in [-0.05, 0) is 50.1 Å². The van der Waals surface area contributed by atoms with Crippen molar-refractivity contribution in [3.63, 3.8) is 0 Å². The summed E-state index contributed by atoms with van der Waals surface area (Å²) < 4.78 is 12.6. The fourth-order valence-corrected chi connectivity index (χ4v) is 3.26. The summed E-state index contributed by atoms with van der Waals surface area (Å²) in [4.78, 5) is 12.3. The zero-order valence-electron chi connectivity index (χ0n) is 10.8. The van der Waals surface area contributed by atoms with Gasteiger partial charge in [0, 0.05) is 5.39 Å². The molecule has 21 heavy (non-hydrogen) atoms. The van der Waals surface area contributed by atoms with E-state index in [2.05, 4.69) is 31.9 Å². The molecule has 0 aliphatic heterocycles. The first kappa shape index (κ1) is 14.4. The number of para-hydroxylation sites is 2. The average molecular weight is 410 g/mol. The van der Waals surface area contributed by atoms with Crippen LogP contribution < -0.4 is 4.74 Å². The molecule has 0 unspecified atom stereocenters. The number of hydrogen-bond acceptors (Lipinski definition) is 3. The van der Waals surface area contributed by atoms with E-state index < -0.39 is 0 Å². The van der Waals surface area contributed by atoms with Crippen LogP contribution in [0.4, 0.5) is 0 Å². The van der Waals surface area contributed by atoms with Gasteiger partial charge in [-0.2, -0.15) is 0 Å².